The Morgan fingerprint density at radius 1 is 1.35 bits per heavy atom. The summed E-state index contributed by atoms with van der Waals surface area (Å²) in [5.41, 5.74) is 5.61. The molecule has 3 heterocycles. The maximum absolute atomic E-state index is 12.2. The lowest BCUT2D eigenvalue weighted by molar-refractivity contribution is -0.0471. The number of aromatic nitrogens is 4. The molecule has 1 fully saturated rings. The minimum absolute atomic E-state index is 0.0992. The van der Waals surface area contributed by atoms with Crippen LogP contribution in [0.4, 0.5) is 5.82 Å². The molecule has 0 radical (unpaired) electrons. The predicted octanol–water partition coefficient (Wildman–Crippen LogP) is -0.243. The van der Waals surface area contributed by atoms with E-state index in [1.165, 1.54) is 10.9 Å². The Morgan fingerprint density at radius 2 is 2.04 bits per heavy atom. The van der Waals surface area contributed by atoms with Crippen LogP contribution in [0.1, 0.15) is 33.4 Å². The van der Waals surface area contributed by atoms with E-state index >= 15 is 0 Å². The number of rotatable bonds is 2. The maximum atomic E-state index is 12.2. The van der Waals surface area contributed by atoms with Crippen LogP contribution < -0.4 is 11.4 Å². The summed E-state index contributed by atoms with van der Waals surface area (Å²) in [6.45, 7) is 6.03. The molecule has 1 aliphatic heterocycles. The Bertz CT molecular complexity index is 778. The molecule has 3 rings (SSSR count). The van der Waals surface area contributed by atoms with Gasteiger partial charge in [0, 0.05) is 0 Å². The third-order valence-electron chi connectivity index (χ3n) is 3.94. The number of fused-ring (bicyclic) bond motifs is 1. The number of imidazole rings is 1. The number of nitrogen functional groups attached to an aromatic ring is 1. The summed E-state index contributed by atoms with van der Waals surface area (Å²) < 4.78 is 6.95. The number of nitrogens with two attached hydrogens (primary N) is 1. The SMILES string of the molecule is CC(C)(C)C[C@H]1O[C@@H](n2c(=O)[nH]c3c(N)ncnc32)[C@@H](O)C1O. The molecule has 0 saturated carbocycles. The number of hydrogen-bond donors (Lipinski definition) is 4. The predicted molar refractivity (Wildman–Crippen MR) is 82.6 cm³/mol. The topological polar surface area (TPSA) is 139 Å². The van der Waals surface area contributed by atoms with E-state index in [4.69, 9.17) is 10.5 Å². The van der Waals surface area contributed by atoms with Crippen LogP contribution in [0.5, 0.6) is 0 Å². The van der Waals surface area contributed by atoms with Crippen LogP contribution in [-0.4, -0.2) is 48.0 Å². The molecule has 0 amide bonds. The first-order chi connectivity index (χ1) is 10.7. The van der Waals surface area contributed by atoms with Crippen molar-refractivity contribution < 1.29 is 14.9 Å². The Labute approximate surface area is 132 Å². The number of aromatic amines is 1. The molecule has 0 aromatic carbocycles. The second-order valence-electron chi connectivity index (χ2n) is 7.07. The highest BCUT2D eigenvalue weighted by atomic mass is 16.6. The molecule has 9 heteroatoms. The molecule has 9 nitrogen and oxygen atoms in total. The van der Waals surface area contributed by atoms with Gasteiger partial charge in [-0.05, 0) is 11.8 Å². The molecule has 2 aromatic rings. The minimum atomic E-state index is -1.24. The smallest absolute Gasteiger partial charge is 0.330 e. The lowest BCUT2D eigenvalue weighted by atomic mass is 9.87. The van der Waals surface area contributed by atoms with Gasteiger partial charge < -0.3 is 25.7 Å². The van der Waals surface area contributed by atoms with E-state index in [-0.39, 0.29) is 22.4 Å². The summed E-state index contributed by atoms with van der Waals surface area (Å²) in [5.74, 6) is 0.130. The van der Waals surface area contributed by atoms with Crippen LogP contribution >= 0.6 is 0 Å². The molecule has 1 unspecified atom stereocenters. The van der Waals surface area contributed by atoms with Crippen LogP contribution in [-0.2, 0) is 4.74 Å². The van der Waals surface area contributed by atoms with E-state index in [2.05, 4.69) is 15.0 Å². The first-order valence-electron chi connectivity index (χ1n) is 7.41. The van der Waals surface area contributed by atoms with Crippen LogP contribution in [0.2, 0.25) is 0 Å². The first-order valence-corrected chi connectivity index (χ1v) is 7.41. The quantitative estimate of drug-likeness (QED) is 0.598. The molecule has 126 valence electrons. The third kappa shape index (κ3) is 2.71. The summed E-state index contributed by atoms with van der Waals surface area (Å²) in [7, 11) is 0. The summed E-state index contributed by atoms with van der Waals surface area (Å²) in [6.07, 6.45) is -2.17. The number of aliphatic hydroxyl groups is 2. The lowest BCUT2D eigenvalue weighted by Crippen LogP contribution is -2.35. The van der Waals surface area contributed by atoms with E-state index in [9.17, 15) is 15.0 Å². The molecule has 0 spiro atoms. The van der Waals surface area contributed by atoms with E-state index in [0.29, 0.717) is 6.42 Å². The normalized spacial score (nSPS) is 28.6. The number of nitrogens with one attached hydrogen (secondary N) is 1. The second-order valence-corrected chi connectivity index (χ2v) is 7.07. The fourth-order valence-corrected chi connectivity index (χ4v) is 2.91. The lowest BCUT2D eigenvalue weighted by Gasteiger charge is -2.24. The molecular weight excluding hydrogens is 302 g/mol. The number of aliphatic hydroxyl groups excluding tert-OH is 2. The van der Waals surface area contributed by atoms with Crippen molar-refractivity contribution in [2.75, 3.05) is 5.73 Å². The molecule has 1 saturated heterocycles. The van der Waals surface area contributed by atoms with Gasteiger partial charge in [0.05, 0.1) is 6.10 Å². The van der Waals surface area contributed by atoms with Gasteiger partial charge in [-0.25, -0.2) is 19.3 Å². The van der Waals surface area contributed by atoms with Gasteiger partial charge in [-0.15, -0.1) is 0 Å². The van der Waals surface area contributed by atoms with Gasteiger partial charge in [0.2, 0.25) is 0 Å². The van der Waals surface area contributed by atoms with Crippen molar-refractivity contribution in [2.45, 2.75) is 51.7 Å². The number of ether oxygens (including phenoxy) is 1. The van der Waals surface area contributed by atoms with E-state index in [1.54, 1.807) is 0 Å². The molecule has 5 N–H and O–H groups in total. The van der Waals surface area contributed by atoms with Crippen molar-refractivity contribution in [3.8, 4) is 0 Å². The van der Waals surface area contributed by atoms with Gasteiger partial charge in [-0.2, -0.15) is 0 Å². The Hall–Kier alpha value is -1.97. The monoisotopic (exact) mass is 323 g/mol. The molecular formula is C14H21N5O4. The summed E-state index contributed by atoms with van der Waals surface area (Å²) in [4.78, 5) is 22.6. The molecule has 2 aromatic heterocycles. The van der Waals surface area contributed by atoms with Gasteiger partial charge in [0.1, 0.15) is 24.1 Å². The van der Waals surface area contributed by atoms with Gasteiger partial charge >= 0.3 is 5.69 Å². The van der Waals surface area contributed by atoms with Gasteiger partial charge in [0.25, 0.3) is 0 Å². The molecule has 23 heavy (non-hydrogen) atoms. The van der Waals surface area contributed by atoms with E-state index in [0.717, 1.165) is 0 Å². The molecule has 1 aliphatic rings. The average Bonchev–Trinajstić information content (AvgIpc) is 2.90. The summed E-state index contributed by atoms with van der Waals surface area (Å²) >= 11 is 0. The van der Waals surface area contributed by atoms with Crippen LogP contribution in [0.15, 0.2) is 11.1 Å². The van der Waals surface area contributed by atoms with Crippen molar-refractivity contribution in [2.24, 2.45) is 5.41 Å². The molecule has 0 aliphatic carbocycles. The minimum Gasteiger partial charge on any atom is -0.388 e. The molecule has 4 atom stereocenters. The second kappa shape index (κ2) is 5.29. The Morgan fingerprint density at radius 3 is 2.70 bits per heavy atom. The fourth-order valence-electron chi connectivity index (χ4n) is 2.91. The highest BCUT2D eigenvalue weighted by Crippen LogP contribution is 2.36. The number of anilines is 1. The van der Waals surface area contributed by atoms with Crippen LogP contribution in [0.3, 0.4) is 0 Å². The van der Waals surface area contributed by atoms with Crippen molar-refractivity contribution in [1.29, 1.82) is 0 Å². The highest BCUT2D eigenvalue weighted by molar-refractivity contribution is 5.81. The summed E-state index contributed by atoms with van der Waals surface area (Å²) in [6, 6.07) is 0. The van der Waals surface area contributed by atoms with Crippen molar-refractivity contribution in [3.63, 3.8) is 0 Å². The van der Waals surface area contributed by atoms with Crippen molar-refractivity contribution in [3.05, 3.63) is 16.8 Å². The number of H-pyrrole nitrogens is 1. The largest absolute Gasteiger partial charge is 0.388 e. The standard InChI is InChI=1S/C14H21N5O4/c1-14(2,3)4-6-8(20)9(21)12(23-6)19-11-7(18-13(19)22)10(15)16-5-17-11/h5-6,8-9,12,20-21H,4H2,1-3H3,(H,18,22)(H2,15,16,17)/t6-,8?,9+,12-/m1/s1. The van der Waals surface area contributed by atoms with Crippen molar-refractivity contribution in [1.82, 2.24) is 19.5 Å². The van der Waals surface area contributed by atoms with E-state index < -0.39 is 30.2 Å². The molecule has 0 bridgehead atoms. The Balaban J connectivity index is 2.01. The number of hydrogen-bond acceptors (Lipinski definition) is 7. The summed E-state index contributed by atoms with van der Waals surface area (Å²) in [5, 5.41) is 20.6. The fraction of sp³-hybridized carbons (Fsp3) is 0.643. The zero-order chi connectivity index (χ0) is 16.9. The van der Waals surface area contributed by atoms with Gasteiger partial charge in [0.15, 0.2) is 17.7 Å². The van der Waals surface area contributed by atoms with Crippen molar-refractivity contribution >= 4 is 17.0 Å². The average molecular weight is 323 g/mol. The van der Waals surface area contributed by atoms with Crippen LogP contribution in [0.25, 0.3) is 11.2 Å². The third-order valence-corrected chi connectivity index (χ3v) is 3.94. The van der Waals surface area contributed by atoms with Crippen LogP contribution in [0, 0.1) is 5.41 Å². The van der Waals surface area contributed by atoms with E-state index in [1.807, 2.05) is 20.8 Å². The highest BCUT2D eigenvalue weighted by Gasteiger charge is 2.46. The first kappa shape index (κ1) is 15.9. The Kier molecular flexibility index (Phi) is 3.66. The zero-order valence-electron chi connectivity index (χ0n) is 13.2. The van der Waals surface area contributed by atoms with Gasteiger partial charge in [-0.3, -0.25) is 0 Å². The van der Waals surface area contributed by atoms with Gasteiger partial charge in [-0.1, -0.05) is 20.8 Å². The number of nitrogens with zero attached hydrogens (tertiary/aromatic N) is 3. The maximum Gasteiger partial charge on any atom is 0.330 e. The zero-order valence-corrected chi connectivity index (χ0v) is 13.2.